The summed E-state index contributed by atoms with van der Waals surface area (Å²) in [6, 6.07) is 3.92. The molecule has 2 saturated heterocycles. The standard InChI is InChI=1S/C20H31N5O3.HI/c1-3-13-28-18-16(6-4-8-22-18)15-23-20(21-2)25-11-9-24(10-12-25)19(26)17-7-5-14-27-17;/h4,6,8,17H,3,5,7,9-15H2,1-2H3,(H,21,23);1H. The van der Waals surface area contributed by atoms with E-state index in [2.05, 4.69) is 27.1 Å². The molecule has 3 heterocycles. The largest absolute Gasteiger partial charge is 0.477 e. The highest BCUT2D eigenvalue weighted by molar-refractivity contribution is 14.0. The Morgan fingerprint density at radius 1 is 1.34 bits per heavy atom. The number of piperazine rings is 1. The average Bonchev–Trinajstić information content (AvgIpc) is 3.28. The zero-order valence-electron chi connectivity index (χ0n) is 17.3. The van der Waals surface area contributed by atoms with E-state index in [-0.39, 0.29) is 36.0 Å². The number of rotatable bonds is 6. The molecule has 1 N–H and O–H groups in total. The van der Waals surface area contributed by atoms with E-state index in [0.29, 0.717) is 38.7 Å². The molecular formula is C20H32IN5O3. The van der Waals surface area contributed by atoms with Gasteiger partial charge in [-0.3, -0.25) is 9.79 Å². The van der Waals surface area contributed by atoms with Crippen molar-refractivity contribution in [1.29, 1.82) is 0 Å². The summed E-state index contributed by atoms with van der Waals surface area (Å²) in [4.78, 5) is 25.3. The highest BCUT2D eigenvalue weighted by atomic mass is 127. The van der Waals surface area contributed by atoms with Crippen molar-refractivity contribution in [2.75, 3.05) is 46.4 Å². The van der Waals surface area contributed by atoms with Crippen molar-refractivity contribution >= 4 is 35.8 Å². The van der Waals surface area contributed by atoms with Crippen LogP contribution in [-0.2, 0) is 16.1 Å². The quantitative estimate of drug-likeness (QED) is 0.353. The molecule has 0 spiro atoms. The molecule has 1 atom stereocenters. The van der Waals surface area contributed by atoms with Crippen molar-refractivity contribution in [3.8, 4) is 5.88 Å². The smallest absolute Gasteiger partial charge is 0.251 e. The molecule has 3 rings (SSSR count). The summed E-state index contributed by atoms with van der Waals surface area (Å²) in [5, 5.41) is 3.40. The third kappa shape index (κ3) is 6.43. The zero-order chi connectivity index (χ0) is 19.8. The summed E-state index contributed by atoms with van der Waals surface area (Å²) in [6.45, 7) is 6.91. The van der Waals surface area contributed by atoms with Gasteiger partial charge in [0.15, 0.2) is 5.96 Å². The van der Waals surface area contributed by atoms with Crippen molar-refractivity contribution in [1.82, 2.24) is 20.1 Å². The van der Waals surface area contributed by atoms with E-state index in [1.807, 2.05) is 17.0 Å². The Morgan fingerprint density at radius 3 is 2.76 bits per heavy atom. The summed E-state index contributed by atoms with van der Waals surface area (Å²) >= 11 is 0. The van der Waals surface area contributed by atoms with Crippen LogP contribution in [0.15, 0.2) is 23.3 Å². The maximum Gasteiger partial charge on any atom is 0.251 e. The van der Waals surface area contributed by atoms with Gasteiger partial charge in [0.2, 0.25) is 5.88 Å². The third-order valence-electron chi connectivity index (χ3n) is 5.04. The lowest BCUT2D eigenvalue weighted by molar-refractivity contribution is -0.142. The number of nitrogens with one attached hydrogen (secondary N) is 1. The van der Waals surface area contributed by atoms with Crippen LogP contribution in [0.3, 0.4) is 0 Å². The molecule has 0 saturated carbocycles. The minimum Gasteiger partial charge on any atom is -0.477 e. The zero-order valence-corrected chi connectivity index (χ0v) is 19.6. The second-order valence-electron chi connectivity index (χ2n) is 7.03. The maximum atomic E-state index is 12.5. The molecule has 1 aromatic heterocycles. The second-order valence-corrected chi connectivity index (χ2v) is 7.03. The van der Waals surface area contributed by atoms with Crippen LogP contribution in [0.1, 0.15) is 31.7 Å². The molecule has 2 aliphatic heterocycles. The van der Waals surface area contributed by atoms with E-state index >= 15 is 0 Å². The lowest BCUT2D eigenvalue weighted by atomic mass is 10.2. The van der Waals surface area contributed by atoms with E-state index in [0.717, 1.165) is 43.9 Å². The first kappa shape index (κ1) is 23.7. The first-order chi connectivity index (χ1) is 13.7. The number of carbonyl (C=O) groups is 1. The minimum atomic E-state index is -0.240. The number of halogens is 1. The van der Waals surface area contributed by atoms with E-state index in [9.17, 15) is 4.79 Å². The van der Waals surface area contributed by atoms with Gasteiger partial charge in [0.05, 0.1) is 6.61 Å². The fourth-order valence-electron chi connectivity index (χ4n) is 3.51. The van der Waals surface area contributed by atoms with Crippen LogP contribution in [-0.4, -0.2) is 79.2 Å². The van der Waals surface area contributed by atoms with Crippen LogP contribution in [0.2, 0.25) is 0 Å². The van der Waals surface area contributed by atoms with Gasteiger partial charge in [-0.05, 0) is 25.3 Å². The summed E-state index contributed by atoms with van der Waals surface area (Å²) in [7, 11) is 1.78. The average molecular weight is 517 g/mol. The van der Waals surface area contributed by atoms with Gasteiger partial charge < -0.3 is 24.6 Å². The van der Waals surface area contributed by atoms with E-state index in [1.54, 1.807) is 13.2 Å². The molecule has 0 aliphatic carbocycles. The fourth-order valence-corrected chi connectivity index (χ4v) is 3.51. The number of hydrogen-bond donors (Lipinski definition) is 1. The lowest BCUT2D eigenvalue weighted by Crippen LogP contribution is -2.55. The van der Waals surface area contributed by atoms with Crippen LogP contribution < -0.4 is 10.1 Å². The van der Waals surface area contributed by atoms with Crippen molar-refractivity contribution in [2.45, 2.75) is 38.8 Å². The molecule has 1 unspecified atom stereocenters. The van der Waals surface area contributed by atoms with Gasteiger partial charge in [0.25, 0.3) is 5.91 Å². The number of carbonyl (C=O) groups excluding carboxylic acids is 1. The molecule has 1 amide bonds. The molecule has 29 heavy (non-hydrogen) atoms. The molecule has 1 aromatic rings. The number of aromatic nitrogens is 1. The summed E-state index contributed by atoms with van der Waals surface area (Å²) in [6.07, 6.45) is 4.27. The number of nitrogens with zero attached hydrogens (tertiary/aromatic N) is 4. The minimum absolute atomic E-state index is 0. The first-order valence-electron chi connectivity index (χ1n) is 10.2. The molecule has 2 fully saturated rings. The Hall–Kier alpha value is -1.62. The van der Waals surface area contributed by atoms with Crippen molar-refractivity contribution in [3.05, 3.63) is 23.9 Å². The number of ether oxygens (including phenoxy) is 2. The molecule has 162 valence electrons. The first-order valence-corrected chi connectivity index (χ1v) is 10.2. The van der Waals surface area contributed by atoms with E-state index in [1.165, 1.54) is 0 Å². The lowest BCUT2D eigenvalue weighted by Gasteiger charge is -2.37. The summed E-state index contributed by atoms with van der Waals surface area (Å²) in [5.74, 6) is 1.63. The van der Waals surface area contributed by atoms with Gasteiger partial charge in [-0.2, -0.15) is 0 Å². The van der Waals surface area contributed by atoms with Gasteiger partial charge in [0, 0.05) is 58.1 Å². The van der Waals surface area contributed by atoms with Crippen LogP contribution in [0, 0.1) is 0 Å². The van der Waals surface area contributed by atoms with Gasteiger partial charge in [0.1, 0.15) is 6.10 Å². The number of aliphatic imine (C=N–C) groups is 1. The van der Waals surface area contributed by atoms with Gasteiger partial charge in [-0.15, -0.1) is 24.0 Å². The molecule has 0 aromatic carbocycles. The summed E-state index contributed by atoms with van der Waals surface area (Å²) < 4.78 is 11.3. The molecule has 9 heteroatoms. The molecule has 2 aliphatic rings. The van der Waals surface area contributed by atoms with E-state index < -0.39 is 0 Å². The van der Waals surface area contributed by atoms with Crippen LogP contribution >= 0.6 is 24.0 Å². The van der Waals surface area contributed by atoms with Gasteiger partial charge in [-0.25, -0.2) is 4.98 Å². The molecule has 0 radical (unpaired) electrons. The Morgan fingerprint density at radius 2 is 2.10 bits per heavy atom. The Balaban J connectivity index is 0.00000300. The normalized spacial score (nSPS) is 19.7. The van der Waals surface area contributed by atoms with Crippen molar-refractivity contribution in [2.24, 2.45) is 4.99 Å². The van der Waals surface area contributed by atoms with Crippen molar-refractivity contribution in [3.63, 3.8) is 0 Å². The molecular weight excluding hydrogens is 485 g/mol. The fraction of sp³-hybridized carbons (Fsp3) is 0.650. The monoisotopic (exact) mass is 517 g/mol. The Labute approximate surface area is 190 Å². The topological polar surface area (TPSA) is 79.3 Å². The highest BCUT2D eigenvalue weighted by Gasteiger charge is 2.30. The van der Waals surface area contributed by atoms with Gasteiger partial charge in [-0.1, -0.05) is 13.0 Å². The second kappa shape index (κ2) is 12.2. The van der Waals surface area contributed by atoms with Crippen LogP contribution in [0.5, 0.6) is 5.88 Å². The van der Waals surface area contributed by atoms with Crippen LogP contribution in [0.4, 0.5) is 0 Å². The molecule has 8 nitrogen and oxygen atoms in total. The highest BCUT2D eigenvalue weighted by Crippen LogP contribution is 2.17. The number of hydrogen-bond acceptors (Lipinski definition) is 5. The van der Waals surface area contributed by atoms with Crippen molar-refractivity contribution < 1.29 is 14.3 Å². The maximum absolute atomic E-state index is 12.5. The molecule has 0 bridgehead atoms. The predicted octanol–water partition coefficient (Wildman–Crippen LogP) is 1.89. The van der Waals surface area contributed by atoms with E-state index in [4.69, 9.17) is 9.47 Å². The SMILES string of the molecule is CCCOc1ncccc1CNC(=NC)N1CCN(C(=O)C2CCCO2)CC1.I. The van der Waals surface area contributed by atoms with Crippen LogP contribution in [0.25, 0.3) is 0 Å². The summed E-state index contributed by atoms with van der Waals surface area (Å²) in [5.41, 5.74) is 1.00. The number of pyridine rings is 1. The Bertz CT molecular complexity index is 674. The number of guanidine groups is 1. The van der Waals surface area contributed by atoms with Gasteiger partial charge >= 0.3 is 0 Å². The third-order valence-corrected chi connectivity index (χ3v) is 5.04. The number of amides is 1. The predicted molar refractivity (Wildman–Crippen MR) is 123 cm³/mol. The Kier molecular flexibility index (Phi) is 9.92.